The second-order valence-corrected chi connectivity index (χ2v) is 8.44. The topological polar surface area (TPSA) is 92.8 Å². The number of nitrogens with one attached hydrogen (secondary N) is 1. The third-order valence-electron chi connectivity index (χ3n) is 6.66. The Morgan fingerprint density at radius 1 is 0.935 bits per heavy atom. The average Bonchev–Trinajstić information content (AvgIpc) is 3.46. The first-order valence-electron chi connectivity index (χ1n) is 10.5. The van der Waals surface area contributed by atoms with Crippen LogP contribution in [0.25, 0.3) is 0 Å². The molecule has 158 valence electrons. The lowest BCUT2D eigenvalue weighted by molar-refractivity contribution is -0.123. The van der Waals surface area contributed by atoms with E-state index in [0.29, 0.717) is 23.2 Å². The van der Waals surface area contributed by atoms with Gasteiger partial charge in [0.1, 0.15) is 0 Å². The highest BCUT2D eigenvalue weighted by Crippen LogP contribution is 2.56. The average molecular weight is 418 g/mol. The molecule has 3 fully saturated rings. The molecule has 1 saturated heterocycles. The summed E-state index contributed by atoms with van der Waals surface area (Å²) in [7, 11) is 0. The number of carbonyl (C=O) groups is 4. The third-order valence-corrected chi connectivity index (χ3v) is 6.66. The van der Waals surface area contributed by atoms with Crippen molar-refractivity contribution in [2.75, 3.05) is 16.8 Å². The van der Waals surface area contributed by atoms with E-state index in [0.717, 1.165) is 19.3 Å². The monoisotopic (exact) mass is 418 g/mol. The molecule has 4 atom stereocenters. The highest BCUT2D eigenvalue weighted by atomic mass is 16.5. The molecule has 2 saturated carbocycles. The van der Waals surface area contributed by atoms with Gasteiger partial charge in [0.15, 0.2) is 6.61 Å². The fourth-order valence-corrected chi connectivity index (χ4v) is 5.37. The van der Waals surface area contributed by atoms with Crippen molar-refractivity contribution < 1.29 is 23.9 Å². The maximum Gasteiger partial charge on any atom is 0.338 e. The van der Waals surface area contributed by atoms with Gasteiger partial charge in [-0.05, 0) is 61.4 Å². The first-order valence-corrected chi connectivity index (χ1v) is 10.5. The largest absolute Gasteiger partial charge is 0.452 e. The summed E-state index contributed by atoms with van der Waals surface area (Å²) in [6, 6.07) is 15.1. The zero-order valence-corrected chi connectivity index (χ0v) is 16.8. The smallest absolute Gasteiger partial charge is 0.338 e. The van der Waals surface area contributed by atoms with Gasteiger partial charge in [-0.1, -0.05) is 24.3 Å². The molecular formula is C24H22N2O5. The van der Waals surface area contributed by atoms with Crippen molar-refractivity contribution >= 4 is 35.1 Å². The first kappa shape index (κ1) is 19.5. The van der Waals surface area contributed by atoms with Crippen LogP contribution in [0.1, 0.15) is 29.6 Å². The molecule has 1 heterocycles. The number of nitrogens with zero attached hydrogens (tertiary/aromatic N) is 1. The minimum Gasteiger partial charge on any atom is -0.452 e. The summed E-state index contributed by atoms with van der Waals surface area (Å²) in [6.07, 6.45) is 2.99. The molecule has 7 nitrogen and oxygen atoms in total. The molecule has 3 aliphatic rings. The van der Waals surface area contributed by atoms with Gasteiger partial charge in [-0.25, -0.2) is 4.79 Å². The number of hydrogen-bond donors (Lipinski definition) is 1. The molecule has 3 amide bonds. The van der Waals surface area contributed by atoms with Crippen molar-refractivity contribution in [2.24, 2.45) is 23.7 Å². The van der Waals surface area contributed by atoms with E-state index in [9.17, 15) is 19.2 Å². The summed E-state index contributed by atoms with van der Waals surface area (Å²) in [6.45, 7) is -0.437. The van der Waals surface area contributed by atoms with Crippen molar-refractivity contribution in [3.05, 3.63) is 60.2 Å². The number of imide groups is 1. The number of esters is 1. The molecule has 2 aromatic carbocycles. The Bertz CT molecular complexity index is 1040. The Morgan fingerprint density at radius 2 is 1.61 bits per heavy atom. The van der Waals surface area contributed by atoms with Crippen molar-refractivity contribution in [1.82, 2.24) is 0 Å². The molecule has 7 heteroatoms. The van der Waals surface area contributed by atoms with Gasteiger partial charge in [-0.15, -0.1) is 0 Å². The van der Waals surface area contributed by atoms with Gasteiger partial charge >= 0.3 is 5.97 Å². The van der Waals surface area contributed by atoms with Crippen LogP contribution < -0.4 is 10.2 Å². The molecule has 0 unspecified atom stereocenters. The molecule has 5 rings (SSSR count). The van der Waals surface area contributed by atoms with Gasteiger partial charge in [0.25, 0.3) is 5.91 Å². The van der Waals surface area contributed by atoms with Gasteiger partial charge in [-0.3, -0.25) is 19.3 Å². The van der Waals surface area contributed by atoms with E-state index in [1.807, 2.05) is 6.07 Å². The van der Waals surface area contributed by atoms with Crippen molar-refractivity contribution in [1.29, 1.82) is 0 Å². The Morgan fingerprint density at radius 3 is 2.29 bits per heavy atom. The second-order valence-electron chi connectivity index (χ2n) is 8.44. The third kappa shape index (κ3) is 3.40. The number of hydrogen-bond acceptors (Lipinski definition) is 5. The predicted molar refractivity (Wildman–Crippen MR) is 112 cm³/mol. The highest BCUT2D eigenvalue weighted by molar-refractivity contribution is 6.22. The summed E-state index contributed by atoms with van der Waals surface area (Å²) >= 11 is 0. The summed E-state index contributed by atoms with van der Waals surface area (Å²) in [5.74, 6) is -1.30. The van der Waals surface area contributed by atoms with E-state index in [2.05, 4.69) is 5.32 Å². The lowest BCUT2D eigenvalue weighted by Gasteiger charge is -2.19. The molecule has 0 spiro atoms. The van der Waals surface area contributed by atoms with Crippen molar-refractivity contribution in [3.8, 4) is 0 Å². The molecule has 1 N–H and O–H groups in total. The Balaban J connectivity index is 1.26. The van der Waals surface area contributed by atoms with Crippen LogP contribution in [-0.2, 0) is 19.1 Å². The number of amides is 3. The number of benzene rings is 2. The SMILES string of the molecule is O=C(COC(=O)c1cccc(N2C(=O)[C@@H]3[C@H]4CC[C@@H](C4)[C@@H]3C2=O)c1)Nc1ccccc1. The van der Waals surface area contributed by atoms with Crippen LogP contribution >= 0.6 is 0 Å². The number of fused-ring (bicyclic) bond motifs is 5. The van der Waals surface area contributed by atoms with Gasteiger partial charge in [0, 0.05) is 5.69 Å². The Kier molecular flexibility index (Phi) is 4.81. The maximum atomic E-state index is 13.0. The van der Waals surface area contributed by atoms with Crippen LogP contribution in [0.4, 0.5) is 11.4 Å². The standard InChI is InChI=1S/C24H22N2O5/c27-19(25-17-6-2-1-3-7-17)13-31-24(30)16-5-4-8-18(12-16)26-22(28)20-14-9-10-15(11-14)21(20)23(26)29/h1-8,12,14-15,20-21H,9-11,13H2,(H,25,27)/t14-,15-,20-,21+/m0/s1. The minimum atomic E-state index is -0.690. The van der Waals surface area contributed by atoms with E-state index < -0.39 is 18.5 Å². The summed E-state index contributed by atoms with van der Waals surface area (Å²) in [5.41, 5.74) is 1.17. The number of carbonyl (C=O) groups excluding carboxylic acids is 4. The van der Waals surface area contributed by atoms with Crippen LogP contribution in [0.3, 0.4) is 0 Å². The van der Waals surface area contributed by atoms with Crippen LogP contribution in [0.15, 0.2) is 54.6 Å². The molecule has 31 heavy (non-hydrogen) atoms. The normalized spacial score (nSPS) is 26.1. The lowest BCUT2D eigenvalue weighted by atomic mass is 9.81. The van der Waals surface area contributed by atoms with E-state index in [1.54, 1.807) is 36.4 Å². The number of para-hydroxylation sites is 1. The van der Waals surface area contributed by atoms with Gasteiger partial charge in [0.2, 0.25) is 11.8 Å². The fourth-order valence-electron chi connectivity index (χ4n) is 5.37. The van der Waals surface area contributed by atoms with Crippen LogP contribution in [0.2, 0.25) is 0 Å². The van der Waals surface area contributed by atoms with Gasteiger partial charge in [0.05, 0.1) is 23.1 Å². The van der Waals surface area contributed by atoms with E-state index >= 15 is 0 Å². The molecule has 1 aliphatic heterocycles. The molecule has 0 radical (unpaired) electrons. The number of rotatable bonds is 5. The minimum absolute atomic E-state index is 0.157. The molecule has 0 aromatic heterocycles. The predicted octanol–water partition coefficient (Wildman–Crippen LogP) is 3.02. The Labute approximate surface area is 179 Å². The molecule has 2 bridgehead atoms. The fraction of sp³-hybridized carbons (Fsp3) is 0.333. The maximum absolute atomic E-state index is 13.0. The van der Waals surface area contributed by atoms with Crippen molar-refractivity contribution in [3.63, 3.8) is 0 Å². The molecule has 2 aliphatic carbocycles. The number of ether oxygens (including phenoxy) is 1. The molecule has 2 aromatic rings. The quantitative estimate of drug-likeness (QED) is 0.595. The van der Waals surface area contributed by atoms with Crippen LogP contribution in [-0.4, -0.2) is 30.3 Å². The Hall–Kier alpha value is -3.48. The lowest BCUT2D eigenvalue weighted by Crippen LogP contribution is -2.32. The van der Waals surface area contributed by atoms with E-state index in [1.165, 1.54) is 17.0 Å². The van der Waals surface area contributed by atoms with Gasteiger partial charge in [-0.2, -0.15) is 0 Å². The van der Waals surface area contributed by atoms with Crippen LogP contribution in [0, 0.1) is 23.7 Å². The zero-order valence-electron chi connectivity index (χ0n) is 16.8. The zero-order chi connectivity index (χ0) is 21.5. The van der Waals surface area contributed by atoms with Crippen molar-refractivity contribution in [2.45, 2.75) is 19.3 Å². The first-order chi connectivity index (χ1) is 15.0. The van der Waals surface area contributed by atoms with Gasteiger partial charge < -0.3 is 10.1 Å². The second kappa shape index (κ2) is 7.65. The summed E-state index contributed by atoms with van der Waals surface area (Å²) in [4.78, 5) is 51.7. The van der Waals surface area contributed by atoms with Crippen LogP contribution in [0.5, 0.6) is 0 Å². The van der Waals surface area contributed by atoms with E-state index in [4.69, 9.17) is 4.74 Å². The number of anilines is 2. The highest BCUT2D eigenvalue weighted by Gasteiger charge is 2.61. The molecular weight excluding hydrogens is 396 g/mol. The summed E-state index contributed by atoms with van der Waals surface area (Å²) in [5, 5.41) is 2.64. The van der Waals surface area contributed by atoms with E-state index in [-0.39, 0.29) is 29.2 Å². The summed E-state index contributed by atoms with van der Waals surface area (Å²) < 4.78 is 5.11.